The zero-order chi connectivity index (χ0) is 22.1. The molecule has 0 bridgehead atoms. The molecule has 7 heteroatoms. The van der Waals surface area contributed by atoms with Crippen LogP contribution in [0.2, 0.25) is 0 Å². The minimum Gasteiger partial charge on any atom is -0.469 e. The number of nitrogens with zero attached hydrogens (tertiary/aromatic N) is 3. The van der Waals surface area contributed by atoms with Crippen molar-refractivity contribution in [2.24, 2.45) is 16.8 Å². The van der Waals surface area contributed by atoms with E-state index >= 15 is 0 Å². The first kappa shape index (κ1) is 23.5. The number of nitrogens with one attached hydrogen (secondary N) is 1. The Bertz CT molecular complexity index is 704. The van der Waals surface area contributed by atoms with Crippen LogP contribution in [0.25, 0.3) is 0 Å². The zero-order valence-corrected chi connectivity index (χ0v) is 19.3. The molecule has 2 atom stereocenters. The molecule has 1 aromatic rings. The topological polar surface area (TPSA) is 66.4 Å². The van der Waals surface area contributed by atoms with Gasteiger partial charge in [0.2, 0.25) is 0 Å². The fraction of sp³-hybridized carbons (Fsp3) is 0.667. The lowest BCUT2D eigenvalue weighted by molar-refractivity contribution is -0.145. The largest absolute Gasteiger partial charge is 0.469 e. The van der Waals surface area contributed by atoms with Crippen LogP contribution in [0.5, 0.6) is 0 Å². The third-order valence-electron chi connectivity index (χ3n) is 6.37. The van der Waals surface area contributed by atoms with Gasteiger partial charge in [-0.15, -0.1) is 0 Å². The van der Waals surface area contributed by atoms with E-state index in [1.54, 1.807) is 7.05 Å². The molecule has 0 aliphatic carbocycles. The Kier molecular flexibility index (Phi) is 9.15. The van der Waals surface area contributed by atoms with Crippen molar-refractivity contribution in [3.05, 3.63) is 35.9 Å². The third-order valence-corrected chi connectivity index (χ3v) is 6.37. The van der Waals surface area contributed by atoms with E-state index in [0.29, 0.717) is 12.6 Å². The highest BCUT2D eigenvalue weighted by molar-refractivity contribution is 5.82. The molecule has 31 heavy (non-hydrogen) atoms. The van der Waals surface area contributed by atoms with Crippen LogP contribution in [0.15, 0.2) is 35.3 Å². The maximum Gasteiger partial charge on any atom is 0.310 e. The van der Waals surface area contributed by atoms with E-state index in [4.69, 9.17) is 9.47 Å². The van der Waals surface area contributed by atoms with Crippen molar-refractivity contribution in [3.63, 3.8) is 0 Å². The molecular formula is C24H38N4O3. The fourth-order valence-corrected chi connectivity index (χ4v) is 4.53. The van der Waals surface area contributed by atoms with Gasteiger partial charge >= 0.3 is 5.97 Å². The van der Waals surface area contributed by atoms with E-state index in [-0.39, 0.29) is 17.8 Å². The van der Waals surface area contributed by atoms with Gasteiger partial charge < -0.3 is 19.7 Å². The molecule has 1 N–H and O–H groups in total. The number of benzene rings is 1. The summed E-state index contributed by atoms with van der Waals surface area (Å²) in [4.78, 5) is 21.0. The van der Waals surface area contributed by atoms with Crippen molar-refractivity contribution in [1.82, 2.24) is 15.1 Å². The van der Waals surface area contributed by atoms with E-state index in [1.165, 1.54) is 12.7 Å². The summed E-state index contributed by atoms with van der Waals surface area (Å²) in [6, 6.07) is 10.7. The molecule has 0 spiro atoms. The van der Waals surface area contributed by atoms with Gasteiger partial charge in [-0.2, -0.15) is 0 Å². The van der Waals surface area contributed by atoms with Crippen molar-refractivity contribution in [1.29, 1.82) is 0 Å². The number of esters is 1. The van der Waals surface area contributed by atoms with Gasteiger partial charge in [-0.05, 0) is 30.7 Å². The number of methoxy groups -OCH3 is 1. The van der Waals surface area contributed by atoms with Gasteiger partial charge in [0.05, 0.1) is 19.1 Å². The molecule has 172 valence electrons. The number of guanidine groups is 1. The van der Waals surface area contributed by atoms with Crippen LogP contribution in [0.1, 0.15) is 31.7 Å². The van der Waals surface area contributed by atoms with Crippen LogP contribution in [0, 0.1) is 11.8 Å². The molecule has 0 saturated carbocycles. The predicted octanol–water partition coefficient (Wildman–Crippen LogP) is 2.37. The first-order valence-electron chi connectivity index (χ1n) is 11.5. The Morgan fingerprint density at radius 1 is 1.19 bits per heavy atom. The number of likely N-dealkylation sites (tertiary alicyclic amines) is 2. The highest BCUT2D eigenvalue weighted by atomic mass is 16.5. The first-order valence-corrected chi connectivity index (χ1v) is 11.5. The quantitative estimate of drug-likeness (QED) is 0.296. The monoisotopic (exact) mass is 430 g/mol. The molecule has 0 aromatic heterocycles. The molecule has 2 saturated heterocycles. The fourth-order valence-electron chi connectivity index (χ4n) is 4.53. The highest BCUT2D eigenvalue weighted by Crippen LogP contribution is 2.24. The lowest BCUT2D eigenvalue weighted by Gasteiger charge is -2.32. The summed E-state index contributed by atoms with van der Waals surface area (Å²) in [5.74, 6) is 0.905. The van der Waals surface area contributed by atoms with E-state index in [9.17, 15) is 4.79 Å². The number of carbonyl (C=O) groups is 1. The van der Waals surface area contributed by atoms with Crippen LogP contribution in [0.3, 0.4) is 0 Å². The molecule has 2 aliphatic rings. The van der Waals surface area contributed by atoms with Crippen LogP contribution >= 0.6 is 0 Å². The second kappa shape index (κ2) is 12.1. The van der Waals surface area contributed by atoms with Gasteiger partial charge in [-0.3, -0.25) is 14.7 Å². The highest BCUT2D eigenvalue weighted by Gasteiger charge is 2.36. The molecule has 2 fully saturated rings. The molecular weight excluding hydrogens is 392 g/mol. The second-order valence-corrected chi connectivity index (χ2v) is 8.67. The van der Waals surface area contributed by atoms with E-state index in [2.05, 4.69) is 57.4 Å². The average molecular weight is 431 g/mol. The van der Waals surface area contributed by atoms with E-state index in [1.807, 2.05) is 0 Å². The van der Waals surface area contributed by atoms with Crippen LogP contribution in [-0.2, 0) is 20.8 Å². The summed E-state index contributed by atoms with van der Waals surface area (Å²) in [6.07, 6.45) is 3.50. The van der Waals surface area contributed by atoms with Gasteiger partial charge in [0.15, 0.2) is 5.96 Å². The van der Waals surface area contributed by atoms with Crippen LogP contribution < -0.4 is 5.32 Å². The van der Waals surface area contributed by atoms with Gasteiger partial charge in [0, 0.05) is 52.9 Å². The molecule has 1 aromatic carbocycles. The number of ether oxygens (including phenoxy) is 2. The summed E-state index contributed by atoms with van der Waals surface area (Å²) in [7, 11) is 3.25. The second-order valence-electron chi connectivity index (χ2n) is 8.67. The van der Waals surface area contributed by atoms with Gasteiger partial charge in [0.25, 0.3) is 0 Å². The van der Waals surface area contributed by atoms with Crippen molar-refractivity contribution >= 4 is 11.9 Å². The summed E-state index contributed by atoms with van der Waals surface area (Å²) < 4.78 is 11.0. The lowest BCUT2D eigenvalue weighted by atomic mass is 9.99. The minimum atomic E-state index is -0.131. The number of hydrogen-bond donors (Lipinski definition) is 1. The SMILES string of the molecule is CN=C(NCCCOC1CCN(Cc2ccccc2)CC1)N1CC(C)C(C(=O)OC)C1. The number of hydrogen-bond acceptors (Lipinski definition) is 5. The molecule has 0 radical (unpaired) electrons. The Hall–Kier alpha value is -2.12. The maximum atomic E-state index is 11.9. The van der Waals surface area contributed by atoms with Crippen molar-refractivity contribution < 1.29 is 14.3 Å². The normalized spacial score (nSPS) is 23.2. The number of carbonyl (C=O) groups excluding carboxylic acids is 1. The maximum absolute atomic E-state index is 11.9. The molecule has 2 heterocycles. The third kappa shape index (κ3) is 6.94. The standard InChI is InChI=1S/C24H38N4O3/c1-19-16-28(18-22(19)23(29)30-3)24(25-2)26-12-7-15-31-21-10-13-27(14-11-21)17-20-8-5-4-6-9-20/h4-6,8-9,19,21-22H,7,10-18H2,1-3H3,(H,25,26). The van der Waals surface area contributed by atoms with Gasteiger partial charge in [0.1, 0.15) is 0 Å². The summed E-state index contributed by atoms with van der Waals surface area (Å²) in [5, 5.41) is 3.42. The Labute approximate surface area is 186 Å². The molecule has 0 amide bonds. The van der Waals surface area contributed by atoms with Crippen LogP contribution in [0.4, 0.5) is 0 Å². The summed E-state index contributed by atoms with van der Waals surface area (Å²) >= 11 is 0. The van der Waals surface area contributed by atoms with Crippen molar-refractivity contribution in [3.8, 4) is 0 Å². The van der Waals surface area contributed by atoms with Gasteiger partial charge in [-0.25, -0.2) is 0 Å². The number of rotatable bonds is 8. The molecule has 2 unspecified atom stereocenters. The Morgan fingerprint density at radius 2 is 1.94 bits per heavy atom. The number of piperidine rings is 1. The Balaban J connectivity index is 1.28. The predicted molar refractivity (Wildman–Crippen MR) is 123 cm³/mol. The van der Waals surface area contributed by atoms with Crippen molar-refractivity contribution in [2.45, 2.75) is 38.8 Å². The summed E-state index contributed by atoms with van der Waals surface area (Å²) in [5.41, 5.74) is 1.38. The molecule has 3 rings (SSSR count). The number of aliphatic imine (C=N–C) groups is 1. The lowest BCUT2D eigenvalue weighted by Crippen LogP contribution is -2.41. The van der Waals surface area contributed by atoms with Crippen LogP contribution in [-0.4, -0.2) is 81.3 Å². The zero-order valence-electron chi connectivity index (χ0n) is 19.3. The molecule has 2 aliphatic heterocycles. The summed E-state index contributed by atoms with van der Waals surface area (Å²) in [6.45, 7) is 8.36. The Morgan fingerprint density at radius 3 is 2.61 bits per heavy atom. The smallest absolute Gasteiger partial charge is 0.310 e. The average Bonchev–Trinajstić information content (AvgIpc) is 3.18. The van der Waals surface area contributed by atoms with Crippen molar-refractivity contribution in [2.75, 3.05) is 53.5 Å². The minimum absolute atomic E-state index is 0.0837. The van der Waals surface area contributed by atoms with E-state index in [0.717, 1.165) is 64.6 Å². The first-order chi connectivity index (χ1) is 15.1. The molecule has 7 nitrogen and oxygen atoms in total. The van der Waals surface area contributed by atoms with Gasteiger partial charge in [-0.1, -0.05) is 37.3 Å². The van der Waals surface area contributed by atoms with E-state index < -0.39 is 0 Å².